The van der Waals surface area contributed by atoms with E-state index >= 15 is 0 Å². The molecule has 0 amide bonds. The summed E-state index contributed by atoms with van der Waals surface area (Å²) in [6, 6.07) is 2.60. The van der Waals surface area contributed by atoms with Crippen molar-refractivity contribution in [2.24, 2.45) is 5.73 Å². The molecule has 1 aromatic heterocycles. The number of nitrogens with zero attached hydrogens (tertiary/aromatic N) is 2. The minimum absolute atomic E-state index is 0.496. The smallest absolute Gasteiger partial charge is 0.0723 e. The first-order chi connectivity index (χ1) is 7.17. The Morgan fingerprint density at radius 1 is 1.53 bits per heavy atom. The fraction of sp³-hybridized carbons (Fsp3) is 0.727. The molecule has 15 heavy (non-hydrogen) atoms. The van der Waals surface area contributed by atoms with Gasteiger partial charge in [-0.15, -0.1) is 0 Å². The van der Waals surface area contributed by atoms with Gasteiger partial charge in [-0.3, -0.25) is 4.68 Å². The number of hydrogen-bond acceptors (Lipinski definition) is 3. The molecule has 0 fully saturated rings. The summed E-state index contributed by atoms with van der Waals surface area (Å²) in [4.78, 5) is 0. The van der Waals surface area contributed by atoms with E-state index in [2.05, 4.69) is 38.1 Å². The van der Waals surface area contributed by atoms with Crippen LogP contribution >= 0.6 is 11.8 Å². The summed E-state index contributed by atoms with van der Waals surface area (Å²) in [5, 5.41) is 5.06. The van der Waals surface area contributed by atoms with Crippen LogP contribution < -0.4 is 5.73 Å². The third-order valence-corrected chi connectivity index (χ3v) is 3.78. The molecule has 2 unspecified atom stereocenters. The van der Waals surface area contributed by atoms with E-state index in [9.17, 15) is 0 Å². The largest absolute Gasteiger partial charge is 0.329 e. The maximum absolute atomic E-state index is 5.56. The molecule has 1 aromatic rings. The van der Waals surface area contributed by atoms with Crippen LogP contribution in [0.3, 0.4) is 0 Å². The van der Waals surface area contributed by atoms with Gasteiger partial charge in [0.2, 0.25) is 0 Å². The van der Waals surface area contributed by atoms with E-state index in [0.717, 1.165) is 24.4 Å². The van der Waals surface area contributed by atoms with Crippen LogP contribution in [-0.4, -0.2) is 21.6 Å². The van der Waals surface area contributed by atoms with Gasteiger partial charge in [0.05, 0.1) is 5.69 Å². The summed E-state index contributed by atoms with van der Waals surface area (Å²) in [6.07, 6.45) is 3.19. The number of hydrogen-bond donors (Lipinski definition) is 1. The van der Waals surface area contributed by atoms with Crippen molar-refractivity contribution >= 4 is 11.8 Å². The van der Waals surface area contributed by atoms with E-state index in [1.807, 2.05) is 16.4 Å². The molecule has 86 valence electrons. The Morgan fingerprint density at radius 3 is 2.87 bits per heavy atom. The summed E-state index contributed by atoms with van der Waals surface area (Å²) in [5.41, 5.74) is 6.72. The van der Waals surface area contributed by atoms with Crippen LogP contribution in [-0.2, 0) is 5.75 Å². The van der Waals surface area contributed by atoms with Crippen molar-refractivity contribution in [2.75, 3.05) is 6.54 Å². The highest BCUT2D eigenvalue weighted by Gasteiger charge is 2.06. The maximum Gasteiger partial charge on any atom is 0.0723 e. The second kappa shape index (κ2) is 6.18. The van der Waals surface area contributed by atoms with Crippen LogP contribution in [0.4, 0.5) is 0 Å². The Labute approximate surface area is 96.4 Å². The molecule has 2 atom stereocenters. The molecule has 0 spiro atoms. The zero-order valence-corrected chi connectivity index (χ0v) is 10.6. The van der Waals surface area contributed by atoms with Crippen LogP contribution in [0.15, 0.2) is 12.3 Å². The Balaban J connectivity index is 2.46. The highest BCUT2D eigenvalue weighted by Crippen LogP contribution is 2.17. The molecule has 0 aliphatic heterocycles. The molecule has 1 rings (SSSR count). The standard InChI is InChI=1S/C11H21N3S/c1-4-9(2)14-6-5-11(13-14)8-15-10(3)7-12/h5-6,9-10H,4,7-8,12H2,1-3H3. The molecule has 0 saturated carbocycles. The van der Waals surface area contributed by atoms with Crippen LogP contribution in [0, 0.1) is 0 Å². The van der Waals surface area contributed by atoms with Crippen LogP contribution in [0.2, 0.25) is 0 Å². The number of nitrogens with two attached hydrogens (primary N) is 1. The van der Waals surface area contributed by atoms with Crippen LogP contribution in [0.5, 0.6) is 0 Å². The van der Waals surface area contributed by atoms with Gasteiger partial charge in [-0.2, -0.15) is 16.9 Å². The maximum atomic E-state index is 5.56. The summed E-state index contributed by atoms with van der Waals surface area (Å²) in [6.45, 7) is 7.25. The van der Waals surface area contributed by atoms with E-state index in [4.69, 9.17) is 5.73 Å². The van der Waals surface area contributed by atoms with E-state index in [0.29, 0.717) is 11.3 Å². The molecule has 0 bridgehead atoms. The minimum Gasteiger partial charge on any atom is -0.329 e. The average Bonchev–Trinajstić information content (AvgIpc) is 2.73. The average molecular weight is 227 g/mol. The van der Waals surface area contributed by atoms with E-state index in [-0.39, 0.29) is 0 Å². The summed E-state index contributed by atoms with van der Waals surface area (Å²) < 4.78 is 2.04. The normalized spacial score (nSPS) is 15.2. The third-order valence-electron chi connectivity index (χ3n) is 2.55. The van der Waals surface area contributed by atoms with Gasteiger partial charge in [-0.25, -0.2) is 0 Å². The van der Waals surface area contributed by atoms with Crippen molar-refractivity contribution in [2.45, 2.75) is 44.2 Å². The van der Waals surface area contributed by atoms with Crippen LogP contribution in [0.1, 0.15) is 38.9 Å². The predicted molar refractivity (Wildman–Crippen MR) is 67.0 cm³/mol. The summed E-state index contributed by atoms with van der Waals surface area (Å²) >= 11 is 1.86. The van der Waals surface area contributed by atoms with Crippen molar-refractivity contribution < 1.29 is 0 Å². The lowest BCUT2D eigenvalue weighted by Gasteiger charge is -2.08. The monoisotopic (exact) mass is 227 g/mol. The second-order valence-corrected chi connectivity index (χ2v) is 5.33. The molecule has 1 heterocycles. The number of rotatable bonds is 6. The first-order valence-corrected chi connectivity index (χ1v) is 6.58. The van der Waals surface area contributed by atoms with E-state index in [1.54, 1.807) is 0 Å². The number of aromatic nitrogens is 2. The van der Waals surface area contributed by atoms with Gasteiger partial charge in [0.15, 0.2) is 0 Å². The molecular weight excluding hydrogens is 206 g/mol. The van der Waals surface area contributed by atoms with Crippen LogP contribution in [0.25, 0.3) is 0 Å². The molecule has 3 nitrogen and oxygen atoms in total. The van der Waals surface area contributed by atoms with E-state index < -0.39 is 0 Å². The Kier molecular flexibility index (Phi) is 5.19. The van der Waals surface area contributed by atoms with Crippen molar-refractivity contribution in [3.05, 3.63) is 18.0 Å². The van der Waals surface area contributed by atoms with Crippen molar-refractivity contribution in [1.29, 1.82) is 0 Å². The van der Waals surface area contributed by atoms with E-state index in [1.165, 1.54) is 0 Å². The zero-order valence-electron chi connectivity index (χ0n) is 9.81. The lowest BCUT2D eigenvalue weighted by atomic mass is 10.3. The molecule has 0 radical (unpaired) electrons. The van der Waals surface area contributed by atoms with Crippen molar-refractivity contribution in [3.8, 4) is 0 Å². The topological polar surface area (TPSA) is 43.8 Å². The molecule has 4 heteroatoms. The summed E-state index contributed by atoms with van der Waals surface area (Å²) in [7, 11) is 0. The third kappa shape index (κ3) is 3.87. The quantitative estimate of drug-likeness (QED) is 0.811. The molecule has 0 aliphatic rings. The molecule has 0 saturated heterocycles. The first kappa shape index (κ1) is 12.6. The van der Waals surface area contributed by atoms with Gasteiger partial charge in [-0.1, -0.05) is 13.8 Å². The zero-order chi connectivity index (χ0) is 11.3. The second-order valence-electron chi connectivity index (χ2n) is 3.90. The van der Waals surface area contributed by atoms with Gasteiger partial charge in [-0.05, 0) is 19.4 Å². The minimum atomic E-state index is 0.496. The molecule has 0 aliphatic carbocycles. The van der Waals surface area contributed by atoms with Gasteiger partial charge in [0, 0.05) is 29.8 Å². The summed E-state index contributed by atoms with van der Waals surface area (Å²) in [5.74, 6) is 0.960. The van der Waals surface area contributed by atoms with Gasteiger partial charge in [0.25, 0.3) is 0 Å². The van der Waals surface area contributed by atoms with Crippen molar-refractivity contribution in [1.82, 2.24) is 9.78 Å². The van der Waals surface area contributed by atoms with Gasteiger partial charge in [0.1, 0.15) is 0 Å². The molecule has 0 aromatic carbocycles. The molecule has 2 N–H and O–H groups in total. The number of thioether (sulfide) groups is 1. The SMILES string of the molecule is CCC(C)n1ccc(CSC(C)CN)n1. The Morgan fingerprint density at radius 2 is 2.27 bits per heavy atom. The van der Waals surface area contributed by atoms with Gasteiger partial charge < -0.3 is 5.73 Å². The lowest BCUT2D eigenvalue weighted by Crippen LogP contribution is -2.12. The van der Waals surface area contributed by atoms with Crippen molar-refractivity contribution in [3.63, 3.8) is 0 Å². The fourth-order valence-electron chi connectivity index (χ4n) is 1.18. The Bertz CT molecular complexity index is 285. The Hall–Kier alpha value is -0.480. The first-order valence-electron chi connectivity index (χ1n) is 5.53. The highest BCUT2D eigenvalue weighted by molar-refractivity contribution is 7.99. The fourth-order valence-corrected chi connectivity index (χ4v) is 1.93. The predicted octanol–water partition coefficient (Wildman–Crippen LogP) is 2.43. The lowest BCUT2D eigenvalue weighted by molar-refractivity contribution is 0.475. The van der Waals surface area contributed by atoms with Gasteiger partial charge >= 0.3 is 0 Å². The highest BCUT2D eigenvalue weighted by atomic mass is 32.2. The molecular formula is C11H21N3S.